The zero-order chi connectivity index (χ0) is 36.7. The number of rotatable bonds is 8. The van der Waals surface area contributed by atoms with Crippen molar-refractivity contribution in [3.05, 3.63) is 42.0 Å². The molecule has 5 N–H and O–H groups in total. The number of benzene rings is 1. The molecule has 15 nitrogen and oxygen atoms in total. The van der Waals surface area contributed by atoms with Crippen LogP contribution in [-0.4, -0.2) is 128 Å². The normalized spacial score (nSPS) is 19.4. The smallest absolute Gasteiger partial charge is 0.410 e. The van der Waals surface area contributed by atoms with E-state index in [2.05, 4.69) is 10.1 Å². The summed E-state index contributed by atoms with van der Waals surface area (Å²) in [4.78, 5) is 58.6. The second-order valence-corrected chi connectivity index (χ2v) is 11.9. The number of carbonyl (C=O) groups excluding carboxylic acids is 1. The van der Waals surface area contributed by atoms with Crippen molar-refractivity contribution < 1.29 is 62.7 Å². The summed E-state index contributed by atoms with van der Waals surface area (Å²) < 4.78 is 34.5. The van der Waals surface area contributed by atoms with Crippen molar-refractivity contribution in [2.45, 2.75) is 77.7 Å². The Morgan fingerprint density at radius 1 is 0.958 bits per heavy atom. The van der Waals surface area contributed by atoms with Gasteiger partial charge in [0, 0.05) is 57.5 Å². The van der Waals surface area contributed by atoms with Gasteiger partial charge in [-0.2, -0.15) is 8.78 Å². The number of nitrogens with zero attached hydrogens (tertiary/aromatic N) is 3. The van der Waals surface area contributed by atoms with Gasteiger partial charge in [-0.25, -0.2) is 24.0 Å². The zero-order valence-corrected chi connectivity index (χ0v) is 27.7. The van der Waals surface area contributed by atoms with Gasteiger partial charge < -0.3 is 45.0 Å². The van der Waals surface area contributed by atoms with Gasteiger partial charge in [0.25, 0.3) is 0 Å². The van der Waals surface area contributed by atoms with E-state index in [1.165, 1.54) is 26.8 Å². The number of piperazine rings is 2. The van der Waals surface area contributed by atoms with Gasteiger partial charge in [-0.15, -0.1) is 0 Å². The molecule has 0 bridgehead atoms. The number of carbonyl (C=O) groups is 5. The highest BCUT2D eigenvalue weighted by atomic mass is 19.3. The first-order chi connectivity index (χ1) is 22.3. The number of alkyl halides is 2. The molecule has 0 spiro atoms. The Bertz CT molecular complexity index is 1240. The molecule has 2 atom stereocenters. The lowest BCUT2D eigenvalue weighted by Crippen LogP contribution is -2.65. The van der Waals surface area contributed by atoms with Crippen molar-refractivity contribution in [3.63, 3.8) is 0 Å². The van der Waals surface area contributed by atoms with E-state index in [0.717, 1.165) is 25.1 Å². The third kappa shape index (κ3) is 14.4. The lowest BCUT2D eigenvalue weighted by atomic mass is 9.84. The van der Waals surface area contributed by atoms with Gasteiger partial charge in [-0.05, 0) is 57.7 Å². The number of carboxylic acid groups (broad SMARTS) is 4. The van der Waals surface area contributed by atoms with E-state index in [9.17, 15) is 37.9 Å². The standard InChI is InChI=1S/C20H28F2N2O5.C7H14N2O2.C4H4O4/c1-5-20(12-14-6-8-15(9-7-14)28-16(21)22)13-23(10-11-24(20)17(25)26)18(27)29-19(2,3)4;1-2-6-5-8-3-4-9(6)7(10)11;5-3(6)1-2-4(7)8/h6-9,16H,5,10-13H2,1-4H3,(H,25,26);6,8H,2-5H2,1H3,(H,10,11);1-2H,(H,5,6)(H,7,8)/t20-;;/m1../s1. The van der Waals surface area contributed by atoms with Crippen molar-refractivity contribution in [3.8, 4) is 5.75 Å². The van der Waals surface area contributed by atoms with Crippen LogP contribution in [0.2, 0.25) is 0 Å². The van der Waals surface area contributed by atoms with Crippen LogP contribution < -0.4 is 10.1 Å². The molecule has 270 valence electrons. The number of halogens is 2. The van der Waals surface area contributed by atoms with Crippen LogP contribution >= 0.6 is 0 Å². The highest BCUT2D eigenvalue weighted by Crippen LogP contribution is 2.31. The molecule has 2 fully saturated rings. The first-order valence-electron chi connectivity index (χ1n) is 15.2. The summed E-state index contributed by atoms with van der Waals surface area (Å²) in [7, 11) is 0. The average molecular weight is 689 g/mol. The minimum atomic E-state index is -2.91. The summed E-state index contributed by atoms with van der Waals surface area (Å²) in [6, 6.07) is 6.26. The molecule has 2 aliphatic rings. The summed E-state index contributed by atoms with van der Waals surface area (Å²) >= 11 is 0. The minimum Gasteiger partial charge on any atom is -0.478 e. The Morgan fingerprint density at radius 2 is 1.54 bits per heavy atom. The van der Waals surface area contributed by atoms with E-state index in [0.29, 0.717) is 31.5 Å². The van der Waals surface area contributed by atoms with Crippen LogP contribution in [-0.2, 0) is 20.7 Å². The number of amides is 3. The maximum absolute atomic E-state index is 12.5. The van der Waals surface area contributed by atoms with Crippen LogP contribution in [0.1, 0.15) is 53.0 Å². The summed E-state index contributed by atoms with van der Waals surface area (Å²) in [5.74, 6) is -2.48. The van der Waals surface area contributed by atoms with Crippen LogP contribution in [0.25, 0.3) is 0 Å². The predicted octanol–water partition coefficient (Wildman–Crippen LogP) is 4.27. The van der Waals surface area contributed by atoms with Crippen molar-refractivity contribution in [2.75, 3.05) is 39.3 Å². The van der Waals surface area contributed by atoms with E-state index in [1.54, 1.807) is 32.9 Å². The van der Waals surface area contributed by atoms with Gasteiger partial charge >= 0.3 is 36.8 Å². The molecule has 1 aromatic carbocycles. The second kappa shape index (κ2) is 19.2. The molecule has 0 radical (unpaired) electrons. The summed E-state index contributed by atoms with van der Waals surface area (Å²) in [5.41, 5.74) is -0.756. The Hall–Kier alpha value is -4.67. The molecule has 2 saturated heterocycles. The lowest BCUT2D eigenvalue weighted by molar-refractivity contribution is -0.134. The monoisotopic (exact) mass is 688 g/mol. The highest BCUT2D eigenvalue weighted by Gasteiger charge is 2.45. The SMILES string of the molecule is CCC1CNCCN1C(=O)O.CC[C@@]1(Cc2ccc(OC(F)F)cc2)CN(C(=O)OC(C)(C)C)CCN1C(=O)O.O=C(O)C=CC(=O)O. The van der Waals surface area contributed by atoms with E-state index < -0.39 is 48.0 Å². The van der Waals surface area contributed by atoms with Crippen molar-refractivity contribution in [1.29, 1.82) is 0 Å². The molecule has 1 aromatic rings. The maximum Gasteiger partial charge on any atom is 0.410 e. The fraction of sp³-hybridized carbons (Fsp3) is 0.581. The molecule has 2 heterocycles. The van der Waals surface area contributed by atoms with Gasteiger partial charge in [-0.3, -0.25) is 4.90 Å². The van der Waals surface area contributed by atoms with Crippen LogP contribution in [0.3, 0.4) is 0 Å². The quantitative estimate of drug-likeness (QED) is 0.243. The molecule has 1 unspecified atom stereocenters. The van der Waals surface area contributed by atoms with Gasteiger partial charge in [0.2, 0.25) is 0 Å². The fourth-order valence-corrected chi connectivity index (χ4v) is 5.03. The first-order valence-corrected chi connectivity index (χ1v) is 15.2. The number of carboxylic acids is 2. The Kier molecular flexibility index (Phi) is 16.6. The number of nitrogens with one attached hydrogen (secondary N) is 1. The minimum absolute atomic E-state index is 0.0309. The first kappa shape index (κ1) is 41.4. The molecule has 17 heteroatoms. The van der Waals surface area contributed by atoms with Gasteiger partial charge in [-0.1, -0.05) is 26.0 Å². The number of hydrogen-bond donors (Lipinski definition) is 5. The molecule has 3 rings (SSSR count). The van der Waals surface area contributed by atoms with E-state index in [4.69, 9.17) is 20.1 Å². The fourth-order valence-electron chi connectivity index (χ4n) is 5.03. The third-order valence-corrected chi connectivity index (χ3v) is 7.31. The Morgan fingerprint density at radius 3 is 1.96 bits per heavy atom. The van der Waals surface area contributed by atoms with E-state index in [1.807, 2.05) is 13.8 Å². The van der Waals surface area contributed by atoms with Gasteiger partial charge in [0.15, 0.2) is 0 Å². The number of ether oxygens (including phenoxy) is 2. The number of aliphatic carboxylic acids is 2. The third-order valence-electron chi connectivity index (χ3n) is 7.31. The van der Waals surface area contributed by atoms with Crippen LogP contribution in [0, 0.1) is 0 Å². The molecule has 0 aliphatic carbocycles. The van der Waals surface area contributed by atoms with E-state index in [-0.39, 0.29) is 31.4 Å². The molecular formula is C31H46F2N4O11. The summed E-state index contributed by atoms with van der Waals surface area (Å²) in [6.45, 7) is 9.05. The van der Waals surface area contributed by atoms with Crippen molar-refractivity contribution >= 4 is 30.2 Å². The molecule has 48 heavy (non-hydrogen) atoms. The van der Waals surface area contributed by atoms with E-state index >= 15 is 0 Å². The predicted molar refractivity (Wildman–Crippen MR) is 168 cm³/mol. The molecule has 0 aromatic heterocycles. The average Bonchev–Trinajstić information content (AvgIpc) is 3.00. The zero-order valence-electron chi connectivity index (χ0n) is 27.7. The molecule has 2 aliphatic heterocycles. The Labute approximate surface area is 277 Å². The summed E-state index contributed by atoms with van der Waals surface area (Å²) in [5, 5.41) is 37.3. The molecular weight excluding hydrogens is 642 g/mol. The molecule has 3 amide bonds. The lowest BCUT2D eigenvalue weighted by Gasteiger charge is -2.49. The van der Waals surface area contributed by atoms with Crippen molar-refractivity contribution in [1.82, 2.24) is 20.0 Å². The maximum atomic E-state index is 12.5. The highest BCUT2D eigenvalue weighted by molar-refractivity contribution is 5.89. The number of hydrogen-bond acceptors (Lipinski definition) is 8. The van der Waals surface area contributed by atoms with Crippen molar-refractivity contribution in [2.24, 2.45) is 0 Å². The largest absolute Gasteiger partial charge is 0.478 e. The molecule has 0 saturated carbocycles. The second-order valence-electron chi connectivity index (χ2n) is 11.9. The van der Waals surface area contributed by atoms with Crippen LogP contribution in [0.4, 0.5) is 23.2 Å². The van der Waals surface area contributed by atoms with Gasteiger partial charge in [0.1, 0.15) is 11.4 Å². The van der Waals surface area contributed by atoms with Crippen LogP contribution in [0.15, 0.2) is 36.4 Å². The summed E-state index contributed by atoms with van der Waals surface area (Å²) in [6.07, 6.45) is 0.454. The topological polar surface area (TPSA) is 206 Å². The Balaban J connectivity index is 0.000000492. The van der Waals surface area contributed by atoms with Crippen LogP contribution in [0.5, 0.6) is 5.75 Å². The van der Waals surface area contributed by atoms with Gasteiger partial charge in [0.05, 0.1) is 5.54 Å².